The second-order valence-corrected chi connectivity index (χ2v) is 8.46. The molecule has 4 amide bonds. The Hall–Kier alpha value is -2.68. The zero-order valence-electron chi connectivity index (χ0n) is 17.9. The van der Waals surface area contributed by atoms with E-state index < -0.39 is 5.54 Å². The number of carbonyl (C=O) groups excluding carboxylic acids is 2. The molecule has 0 radical (unpaired) electrons. The maximum atomic E-state index is 12.5. The van der Waals surface area contributed by atoms with Gasteiger partial charge in [0.25, 0.3) is 0 Å². The van der Waals surface area contributed by atoms with Gasteiger partial charge in [-0.15, -0.1) is 0 Å². The number of piperidine rings is 1. The van der Waals surface area contributed by atoms with Crippen LogP contribution < -0.4 is 25.4 Å². The second kappa shape index (κ2) is 8.22. The highest BCUT2D eigenvalue weighted by atomic mass is 16.5. The van der Waals surface area contributed by atoms with Gasteiger partial charge in [0.1, 0.15) is 11.5 Å². The lowest BCUT2D eigenvalue weighted by atomic mass is 9.86. The first kappa shape index (κ1) is 20.6. The summed E-state index contributed by atoms with van der Waals surface area (Å²) in [4.78, 5) is 28.7. The van der Waals surface area contributed by atoms with E-state index in [1.165, 1.54) is 0 Å². The monoisotopic (exact) mass is 417 g/mol. The number of nitrogens with one attached hydrogen (secondary N) is 3. The predicted octanol–water partition coefficient (Wildman–Crippen LogP) is 1.13. The van der Waals surface area contributed by atoms with Crippen molar-refractivity contribution >= 4 is 12.1 Å². The number of carbonyl (C=O) groups is 2. The zero-order chi connectivity index (χ0) is 21.3. The first-order chi connectivity index (χ1) is 14.5. The van der Waals surface area contributed by atoms with Crippen molar-refractivity contribution in [2.45, 2.75) is 43.4 Å². The molecule has 3 N–H and O–H groups in total. The van der Waals surface area contributed by atoms with E-state index in [0.29, 0.717) is 25.7 Å². The van der Waals surface area contributed by atoms with Crippen molar-refractivity contribution in [1.82, 2.24) is 25.8 Å². The van der Waals surface area contributed by atoms with Crippen molar-refractivity contribution in [2.24, 2.45) is 0 Å². The van der Waals surface area contributed by atoms with Crippen LogP contribution in [0.4, 0.5) is 9.59 Å². The molecule has 2 atom stereocenters. The molecule has 30 heavy (non-hydrogen) atoms. The summed E-state index contributed by atoms with van der Waals surface area (Å²) >= 11 is 0. The van der Waals surface area contributed by atoms with Crippen LogP contribution in [0.2, 0.25) is 0 Å². The molecule has 2 heterocycles. The van der Waals surface area contributed by atoms with Gasteiger partial charge < -0.3 is 30.3 Å². The summed E-state index contributed by atoms with van der Waals surface area (Å²) in [5.41, 5.74) is 0.647. The lowest BCUT2D eigenvalue weighted by Crippen LogP contribution is -2.65. The van der Waals surface area contributed by atoms with Gasteiger partial charge >= 0.3 is 12.1 Å². The molecule has 1 spiro atoms. The van der Waals surface area contributed by atoms with Crippen LogP contribution in [0, 0.1) is 0 Å². The smallest absolute Gasteiger partial charge is 0.317 e. The number of hydrogen-bond donors (Lipinski definition) is 3. The maximum absolute atomic E-state index is 12.5. The first-order valence-electron chi connectivity index (χ1n) is 10.5. The molecule has 2 unspecified atom stereocenters. The Morgan fingerprint density at radius 3 is 2.70 bits per heavy atom. The van der Waals surface area contributed by atoms with Crippen LogP contribution in [0.5, 0.6) is 11.5 Å². The third kappa shape index (κ3) is 4.12. The van der Waals surface area contributed by atoms with E-state index in [1.807, 2.05) is 23.1 Å². The Balaban J connectivity index is 1.60. The molecule has 1 aromatic carbocycles. The number of ether oxygens (including phenoxy) is 2. The topological polar surface area (TPSA) is 95.2 Å². The summed E-state index contributed by atoms with van der Waals surface area (Å²) < 4.78 is 10.9. The Morgan fingerprint density at radius 2 is 2.10 bits per heavy atom. The number of amides is 4. The van der Waals surface area contributed by atoms with Crippen molar-refractivity contribution in [3.8, 4) is 11.5 Å². The number of methoxy groups -OCH3 is 2. The molecule has 1 aliphatic carbocycles. The molecule has 4 rings (SSSR count). The van der Waals surface area contributed by atoms with Gasteiger partial charge in [0.05, 0.1) is 19.8 Å². The third-order valence-corrected chi connectivity index (χ3v) is 6.35. The van der Waals surface area contributed by atoms with Crippen LogP contribution in [0.3, 0.4) is 0 Å². The van der Waals surface area contributed by atoms with Crippen LogP contribution in [0.1, 0.15) is 24.8 Å². The fourth-order valence-corrected chi connectivity index (χ4v) is 4.74. The quantitative estimate of drug-likeness (QED) is 0.645. The largest absolute Gasteiger partial charge is 0.497 e. The standard InChI is InChI=1S/C21H31N5O4/c1-22-20(28)25-11-16(9-21(13-25)12-23-19(27)24-21)26(15-5-6-15)10-14-4-7-17(29-2)8-18(14)30-3/h4,7-8,15-16H,5-6,9-13H2,1-3H3,(H,22,28)(H2,23,24,27). The Bertz CT molecular complexity index is 815. The summed E-state index contributed by atoms with van der Waals surface area (Å²) in [5, 5.41) is 8.70. The van der Waals surface area contributed by atoms with Gasteiger partial charge in [-0.1, -0.05) is 6.07 Å². The SMILES string of the molecule is CNC(=O)N1CC(N(Cc2ccc(OC)cc2OC)C2CC2)CC2(CNC(=O)N2)C1. The predicted molar refractivity (Wildman–Crippen MR) is 112 cm³/mol. The molecule has 2 aliphatic heterocycles. The van der Waals surface area contributed by atoms with Crippen LogP contribution in [-0.2, 0) is 6.54 Å². The Kier molecular flexibility index (Phi) is 5.64. The number of urea groups is 2. The van der Waals surface area contributed by atoms with Crippen LogP contribution in [-0.4, -0.2) is 80.4 Å². The molecule has 0 bridgehead atoms. The van der Waals surface area contributed by atoms with Crippen LogP contribution in [0.25, 0.3) is 0 Å². The molecule has 1 saturated carbocycles. The number of likely N-dealkylation sites (tertiary alicyclic amines) is 1. The van der Waals surface area contributed by atoms with E-state index in [2.05, 4.69) is 20.9 Å². The molecule has 0 aromatic heterocycles. The van der Waals surface area contributed by atoms with E-state index in [1.54, 1.807) is 21.3 Å². The molecular formula is C21H31N5O4. The Morgan fingerprint density at radius 1 is 1.30 bits per heavy atom. The summed E-state index contributed by atoms with van der Waals surface area (Å²) in [7, 11) is 4.96. The summed E-state index contributed by atoms with van der Waals surface area (Å²) in [6.07, 6.45) is 3.09. The van der Waals surface area contributed by atoms with Crippen molar-refractivity contribution < 1.29 is 19.1 Å². The van der Waals surface area contributed by atoms with Gasteiger partial charge in [-0.2, -0.15) is 0 Å². The molecule has 164 valence electrons. The number of benzene rings is 1. The van der Waals surface area contributed by atoms with E-state index in [9.17, 15) is 9.59 Å². The van der Waals surface area contributed by atoms with Crippen LogP contribution in [0.15, 0.2) is 18.2 Å². The average Bonchev–Trinajstić information content (AvgIpc) is 3.54. The van der Waals surface area contributed by atoms with E-state index >= 15 is 0 Å². The van der Waals surface area contributed by atoms with Gasteiger partial charge in [-0.05, 0) is 25.3 Å². The van der Waals surface area contributed by atoms with Crippen molar-refractivity contribution in [2.75, 3.05) is 40.9 Å². The van der Waals surface area contributed by atoms with Gasteiger partial charge in [0, 0.05) is 56.9 Å². The zero-order valence-corrected chi connectivity index (χ0v) is 17.9. The van der Waals surface area contributed by atoms with E-state index in [4.69, 9.17) is 9.47 Å². The van der Waals surface area contributed by atoms with Gasteiger partial charge in [0.2, 0.25) is 0 Å². The van der Waals surface area contributed by atoms with Gasteiger partial charge in [-0.3, -0.25) is 4.90 Å². The van der Waals surface area contributed by atoms with Gasteiger partial charge in [0.15, 0.2) is 0 Å². The molecule has 1 aromatic rings. The minimum absolute atomic E-state index is 0.113. The molecule has 3 fully saturated rings. The summed E-state index contributed by atoms with van der Waals surface area (Å²) in [5.74, 6) is 1.56. The highest BCUT2D eigenvalue weighted by Gasteiger charge is 2.48. The average molecular weight is 418 g/mol. The van der Waals surface area contributed by atoms with E-state index in [0.717, 1.165) is 42.9 Å². The van der Waals surface area contributed by atoms with Crippen molar-refractivity contribution in [1.29, 1.82) is 0 Å². The van der Waals surface area contributed by atoms with Crippen LogP contribution >= 0.6 is 0 Å². The molecular weight excluding hydrogens is 386 g/mol. The highest BCUT2D eigenvalue weighted by molar-refractivity contribution is 5.79. The lowest BCUT2D eigenvalue weighted by molar-refractivity contribution is 0.0567. The highest BCUT2D eigenvalue weighted by Crippen LogP contribution is 2.37. The first-order valence-corrected chi connectivity index (χ1v) is 10.5. The van der Waals surface area contributed by atoms with Gasteiger partial charge in [-0.25, -0.2) is 9.59 Å². The third-order valence-electron chi connectivity index (χ3n) is 6.35. The molecule has 9 nitrogen and oxygen atoms in total. The number of rotatable bonds is 6. The minimum atomic E-state index is -0.441. The number of hydrogen-bond acceptors (Lipinski definition) is 5. The number of nitrogens with zero attached hydrogens (tertiary/aromatic N) is 2. The Labute approximate surface area is 177 Å². The van der Waals surface area contributed by atoms with E-state index in [-0.39, 0.29) is 18.1 Å². The fraction of sp³-hybridized carbons (Fsp3) is 0.619. The summed E-state index contributed by atoms with van der Waals surface area (Å²) in [6.45, 7) is 2.39. The maximum Gasteiger partial charge on any atom is 0.317 e. The normalized spacial score (nSPS) is 25.8. The second-order valence-electron chi connectivity index (χ2n) is 8.46. The van der Waals surface area contributed by atoms with Crippen molar-refractivity contribution in [3.05, 3.63) is 23.8 Å². The van der Waals surface area contributed by atoms with Crippen molar-refractivity contribution in [3.63, 3.8) is 0 Å². The summed E-state index contributed by atoms with van der Waals surface area (Å²) in [6, 6.07) is 6.23. The lowest BCUT2D eigenvalue weighted by Gasteiger charge is -2.47. The molecule has 3 aliphatic rings. The molecule has 9 heteroatoms. The molecule has 2 saturated heterocycles. The minimum Gasteiger partial charge on any atom is -0.497 e. The fourth-order valence-electron chi connectivity index (χ4n) is 4.74.